The van der Waals surface area contributed by atoms with E-state index in [-0.39, 0.29) is 5.91 Å². The Bertz CT molecular complexity index is 971. The molecule has 0 saturated heterocycles. The van der Waals surface area contributed by atoms with Gasteiger partial charge in [0.2, 0.25) is 11.8 Å². The maximum atomic E-state index is 12.2. The summed E-state index contributed by atoms with van der Waals surface area (Å²) in [7, 11) is 0. The standard InChI is InChI=1S/C19H16N4O2/c24-18(15-12-16-8-4-5-11-23(16)13-15)20-10-9-17-21-22-19(25-17)14-6-2-1-3-7-14/h1-8,11-13H,9-10H2,(H,20,24). The average Bonchev–Trinajstić information content (AvgIpc) is 3.29. The van der Waals surface area contributed by atoms with E-state index in [0.717, 1.165) is 11.1 Å². The molecule has 25 heavy (non-hydrogen) atoms. The largest absolute Gasteiger partial charge is 0.421 e. The van der Waals surface area contributed by atoms with E-state index in [1.165, 1.54) is 0 Å². The van der Waals surface area contributed by atoms with Gasteiger partial charge < -0.3 is 14.1 Å². The Hall–Kier alpha value is -3.41. The highest BCUT2D eigenvalue weighted by molar-refractivity contribution is 5.95. The van der Waals surface area contributed by atoms with E-state index < -0.39 is 0 Å². The topological polar surface area (TPSA) is 72.4 Å². The Balaban J connectivity index is 1.36. The first kappa shape index (κ1) is 15.1. The number of rotatable bonds is 5. The van der Waals surface area contributed by atoms with Crippen LogP contribution in [0.1, 0.15) is 16.2 Å². The number of fused-ring (bicyclic) bond motifs is 1. The molecule has 0 aliphatic rings. The van der Waals surface area contributed by atoms with E-state index in [2.05, 4.69) is 15.5 Å². The monoisotopic (exact) mass is 332 g/mol. The lowest BCUT2D eigenvalue weighted by Crippen LogP contribution is -2.25. The maximum Gasteiger partial charge on any atom is 0.252 e. The number of nitrogens with one attached hydrogen (secondary N) is 1. The first-order valence-electron chi connectivity index (χ1n) is 8.02. The van der Waals surface area contributed by atoms with E-state index >= 15 is 0 Å². The number of hydrogen-bond acceptors (Lipinski definition) is 4. The molecule has 1 aromatic carbocycles. The number of carbonyl (C=O) groups excluding carboxylic acids is 1. The molecule has 0 radical (unpaired) electrons. The average molecular weight is 332 g/mol. The second kappa shape index (κ2) is 6.60. The van der Waals surface area contributed by atoms with Crippen LogP contribution in [-0.2, 0) is 6.42 Å². The summed E-state index contributed by atoms with van der Waals surface area (Å²) >= 11 is 0. The van der Waals surface area contributed by atoms with Gasteiger partial charge >= 0.3 is 0 Å². The highest BCUT2D eigenvalue weighted by Gasteiger charge is 2.10. The third-order valence-electron chi connectivity index (χ3n) is 3.88. The minimum atomic E-state index is -0.119. The van der Waals surface area contributed by atoms with Crippen LogP contribution in [0, 0.1) is 0 Å². The lowest BCUT2D eigenvalue weighted by Gasteiger charge is -2.00. The zero-order valence-corrected chi connectivity index (χ0v) is 13.4. The first-order chi connectivity index (χ1) is 12.3. The minimum absolute atomic E-state index is 0.119. The molecule has 0 aliphatic carbocycles. The van der Waals surface area contributed by atoms with Gasteiger partial charge in [0.1, 0.15) is 0 Å². The molecule has 0 bridgehead atoms. The fraction of sp³-hybridized carbons (Fsp3) is 0.105. The fourth-order valence-electron chi connectivity index (χ4n) is 2.62. The molecule has 1 N–H and O–H groups in total. The molecule has 0 aliphatic heterocycles. The van der Waals surface area contributed by atoms with Crippen LogP contribution in [-0.4, -0.2) is 27.0 Å². The van der Waals surface area contributed by atoms with Crippen LogP contribution in [0.3, 0.4) is 0 Å². The lowest BCUT2D eigenvalue weighted by atomic mass is 10.2. The van der Waals surface area contributed by atoms with Crippen molar-refractivity contribution in [2.24, 2.45) is 0 Å². The van der Waals surface area contributed by atoms with Gasteiger partial charge in [-0.1, -0.05) is 24.3 Å². The number of nitrogens with zero attached hydrogens (tertiary/aromatic N) is 3. The molecule has 3 aromatic heterocycles. The molecule has 1 amide bonds. The van der Waals surface area contributed by atoms with Crippen LogP contribution in [0.2, 0.25) is 0 Å². The summed E-state index contributed by atoms with van der Waals surface area (Å²) in [5.41, 5.74) is 2.49. The van der Waals surface area contributed by atoms with Crippen molar-refractivity contribution < 1.29 is 9.21 Å². The molecule has 124 valence electrons. The van der Waals surface area contributed by atoms with Crippen molar-refractivity contribution in [3.63, 3.8) is 0 Å². The summed E-state index contributed by atoms with van der Waals surface area (Å²) < 4.78 is 7.54. The second-order valence-electron chi connectivity index (χ2n) is 5.63. The van der Waals surface area contributed by atoms with E-state index in [9.17, 15) is 4.79 Å². The van der Waals surface area contributed by atoms with Crippen molar-refractivity contribution in [1.82, 2.24) is 19.9 Å². The Morgan fingerprint density at radius 3 is 2.76 bits per heavy atom. The lowest BCUT2D eigenvalue weighted by molar-refractivity contribution is 0.0953. The Morgan fingerprint density at radius 1 is 1.08 bits per heavy atom. The molecule has 4 rings (SSSR count). The molecular formula is C19H16N4O2. The van der Waals surface area contributed by atoms with Gasteiger partial charge in [-0.05, 0) is 30.3 Å². The van der Waals surface area contributed by atoms with Gasteiger partial charge in [0.15, 0.2) is 0 Å². The van der Waals surface area contributed by atoms with Crippen molar-refractivity contribution in [3.05, 3.63) is 78.4 Å². The summed E-state index contributed by atoms with van der Waals surface area (Å²) in [6, 6.07) is 17.3. The molecule has 6 heteroatoms. The highest BCUT2D eigenvalue weighted by Crippen LogP contribution is 2.17. The first-order valence-corrected chi connectivity index (χ1v) is 8.02. The smallest absolute Gasteiger partial charge is 0.252 e. The Kier molecular flexibility index (Phi) is 4.00. The molecule has 0 saturated carbocycles. The number of aromatic nitrogens is 3. The van der Waals surface area contributed by atoms with E-state index in [1.54, 1.807) is 0 Å². The normalized spacial score (nSPS) is 10.9. The van der Waals surface area contributed by atoms with Crippen LogP contribution in [0.25, 0.3) is 17.0 Å². The third kappa shape index (κ3) is 3.28. The number of carbonyl (C=O) groups is 1. The van der Waals surface area contributed by atoms with Crippen molar-refractivity contribution in [2.45, 2.75) is 6.42 Å². The molecule has 0 fully saturated rings. The number of amides is 1. The van der Waals surface area contributed by atoms with Gasteiger partial charge in [0, 0.05) is 36.4 Å². The zero-order chi connectivity index (χ0) is 17.1. The molecule has 0 unspecified atom stereocenters. The van der Waals surface area contributed by atoms with E-state index in [1.807, 2.05) is 71.4 Å². The molecule has 3 heterocycles. The van der Waals surface area contributed by atoms with Crippen LogP contribution < -0.4 is 5.32 Å². The Labute approximate surface area is 144 Å². The van der Waals surface area contributed by atoms with E-state index in [0.29, 0.717) is 30.3 Å². The molecular weight excluding hydrogens is 316 g/mol. The fourth-order valence-corrected chi connectivity index (χ4v) is 2.62. The quantitative estimate of drug-likeness (QED) is 0.610. The molecule has 0 atom stereocenters. The van der Waals surface area contributed by atoms with Crippen LogP contribution in [0.4, 0.5) is 0 Å². The van der Waals surface area contributed by atoms with Gasteiger partial charge in [-0.2, -0.15) is 0 Å². The molecule has 0 spiro atoms. The minimum Gasteiger partial charge on any atom is -0.421 e. The van der Waals surface area contributed by atoms with Gasteiger partial charge in [-0.3, -0.25) is 4.79 Å². The predicted molar refractivity (Wildman–Crippen MR) is 93.2 cm³/mol. The number of pyridine rings is 1. The van der Waals surface area contributed by atoms with Gasteiger partial charge in [0.05, 0.1) is 5.56 Å². The molecule has 6 nitrogen and oxygen atoms in total. The molecule has 4 aromatic rings. The highest BCUT2D eigenvalue weighted by atomic mass is 16.4. The van der Waals surface area contributed by atoms with Crippen molar-refractivity contribution in [2.75, 3.05) is 6.54 Å². The second-order valence-corrected chi connectivity index (χ2v) is 5.63. The van der Waals surface area contributed by atoms with Gasteiger partial charge in [-0.25, -0.2) is 0 Å². The van der Waals surface area contributed by atoms with Crippen LogP contribution in [0.5, 0.6) is 0 Å². The third-order valence-corrected chi connectivity index (χ3v) is 3.88. The van der Waals surface area contributed by atoms with Crippen molar-refractivity contribution >= 4 is 11.4 Å². The summed E-state index contributed by atoms with van der Waals surface area (Å²) in [6.07, 6.45) is 4.21. The maximum absolute atomic E-state index is 12.2. The summed E-state index contributed by atoms with van der Waals surface area (Å²) in [6.45, 7) is 0.432. The SMILES string of the molecule is O=C(NCCc1nnc(-c2ccccc2)o1)c1cc2ccccn2c1. The predicted octanol–water partition coefficient (Wildman–Crippen LogP) is 2.96. The van der Waals surface area contributed by atoms with Crippen molar-refractivity contribution in [3.8, 4) is 11.5 Å². The summed E-state index contributed by atoms with van der Waals surface area (Å²) in [4.78, 5) is 12.2. The number of hydrogen-bond donors (Lipinski definition) is 1. The van der Waals surface area contributed by atoms with E-state index in [4.69, 9.17) is 4.42 Å². The van der Waals surface area contributed by atoms with Crippen molar-refractivity contribution in [1.29, 1.82) is 0 Å². The van der Waals surface area contributed by atoms with Gasteiger partial charge in [-0.15, -0.1) is 10.2 Å². The van der Waals surface area contributed by atoms with Gasteiger partial charge in [0.25, 0.3) is 5.91 Å². The Morgan fingerprint density at radius 2 is 1.92 bits per heavy atom. The van der Waals surface area contributed by atoms with Crippen LogP contribution in [0.15, 0.2) is 71.4 Å². The summed E-state index contributed by atoms with van der Waals surface area (Å²) in [5.74, 6) is 0.869. The zero-order valence-electron chi connectivity index (χ0n) is 13.4. The number of benzene rings is 1. The summed E-state index contributed by atoms with van der Waals surface area (Å²) in [5, 5.41) is 10.9. The van der Waals surface area contributed by atoms with Crippen LogP contribution >= 0.6 is 0 Å².